The fraction of sp³-hybridized carbons (Fsp3) is 0.190. The summed E-state index contributed by atoms with van der Waals surface area (Å²) in [5.74, 6) is -0.978. The first-order valence-electron chi connectivity index (χ1n) is 9.50. The van der Waals surface area contributed by atoms with Crippen molar-refractivity contribution in [1.29, 1.82) is 5.26 Å². The van der Waals surface area contributed by atoms with E-state index in [1.807, 2.05) is 6.07 Å². The van der Waals surface area contributed by atoms with Crippen LogP contribution in [0.5, 0.6) is 0 Å². The van der Waals surface area contributed by atoms with Gasteiger partial charge in [0.25, 0.3) is 11.8 Å². The van der Waals surface area contributed by atoms with Crippen molar-refractivity contribution in [2.24, 2.45) is 0 Å². The van der Waals surface area contributed by atoms with Crippen molar-refractivity contribution in [3.8, 4) is 6.07 Å². The zero-order valence-electron chi connectivity index (χ0n) is 16.8. The average Bonchev–Trinajstić information content (AvgIpc) is 3.30. The zero-order chi connectivity index (χ0) is 21.6. The topological polar surface area (TPSA) is 120 Å². The molecule has 3 aromatic rings. The standard InChI is InChI=1S/C21H18N6O3S.ClH/c22-11-14-3-1-5-16(18(14)20(29)24-15-4-2-6-23-12-15)25-19(28)17-13-31-21(26-17)27-7-9-30-10-8-27;/h1-6,12-13H,7-10H2,(H,24,29)(H,25,28);1H. The lowest BCUT2D eigenvalue weighted by Gasteiger charge is -2.25. The molecule has 0 spiro atoms. The van der Waals surface area contributed by atoms with Crippen LogP contribution in [0.15, 0.2) is 48.1 Å². The number of nitrogens with one attached hydrogen (secondary N) is 2. The van der Waals surface area contributed by atoms with Crippen molar-refractivity contribution in [2.75, 3.05) is 41.8 Å². The maximum atomic E-state index is 12.9. The van der Waals surface area contributed by atoms with Gasteiger partial charge in [0.05, 0.1) is 41.9 Å². The second-order valence-corrected chi connectivity index (χ2v) is 7.44. The summed E-state index contributed by atoms with van der Waals surface area (Å²) < 4.78 is 5.34. The van der Waals surface area contributed by atoms with Crippen LogP contribution in [-0.2, 0) is 4.74 Å². The van der Waals surface area contributed by atoms with Gasteiger partial charge in [0.1, 0.15) is 11.8 Å². The van der Waals surface area contributed by atoms with Gasteiger partial charge in [-0.25, -0.2) is 4.98 Å². The Hall–Kier alpha value is -3.52. The number of nitrogens with zero attached hydrogens (tertiary/aromatic N) is 4. The zero-order valence-corrected chi connectivity index (χ0v) is 18.4. The normalized spacial score (nSPS) is 12.9. The van der Waals surface area contributed by atoms with Gasteiger partial charge >= 0.3 is 0 Å². The molecule has 164 valence electrons. The molecule has 1 aliphatic heterocycles. The van der Waals surface area contributed by atoms with Gasteiger partial charge in [-0.15, -0.1) is 23.7 Å². The van der Waals surface area contributed by atoms with Crippen LogP contribution >= 0.6 is 23.7 Å². The lowest BCUT2D eigenvalue weighted by Crippen LogP contribution is -2.36. The molecule has 2 N–H and O–H groups in total. The Morgan fingerprint density at radius 3 is 2.66 bits per heavy atom. The summed E-state index contributed by atoms with van der Waals surface area (Å²) >= 11 is 1.37. The summed E-state index contributed by atoms with van der Waals surface area (Å²) in [6, 6.07) is 10.1. The molecule has 1 aliphatic rings. The van der Waals surface area contributed by atoms with E-state index in [0.717, 1.165) is 18.2 Å². The molecule has 1 saturated heterocycles. The van der Waals surface area contributed by atoms with E-state index in [9.17, 15) is 14.9 Å². The number of morpholine rings is 1. The minimum Gasteiger partial charge on any atom is -0.378 e. The highest BCUT2D eigenvalue weighted by Crippen LogP contribution is 2.25. The highest BCUT2D eigenvalue weighted by atomic mass is 35.5. The lowest BCUT2D eigenvalue weighted by molar-refractivity contribution is 0.102. The van der Waals surface area contributed by atoms with Gasteiger partial charge in [0.15, 0.2) is 5.13 Å². The van der Waals surface area contributed by atoms with Crippen molar-refractivity contribution >= 4 is 52.1 Å². The summed E-state index contributed by atoms with van der Waals surface area (Å²) in [4.78, 5) is 36.1. The molecule has 0 saturated carbocycles. The predicted octanol–water partition coefficient (Wildman–Crippen LogP) is 3.17. The molecule has 0 radical (unpaired) electrons. The van der Waals surface area contributed by atoms with Crippen molar-refractivity contribution in [2.45, 2.75) is 0 Å². The molecule has 9 nitrogen and oxygen atoms in total. The summed E-state index contributed by atoms with van der Waals surface area (Å²) in [5.41, 5.74) is 1.17. The first kappa shape index (κ1) is 23.1. The smallest absolute Gasteiger partial charge is 0.275 e. The van der Waals surface area contributed by atoms with Crippen LogP contribution in [0, 0.1) is 11.3 Å². The molecule has 1 fully saturated rings. The van der Waals surface area contributed by atoms with E-state index in [0.29, 0.717) is 18.9 Å². The lowest BCUT2D eigenvalue weighted by atomic mass is 10.0. The third-order valence-electron chi connectivity index (χ3n) is 4.59. The molecule has 11 heteroatoms. The van der Waals surface area contributed by atoms with Gasteiger partial charge in [-0.3, -0.25) is 14.6 Å². The van der Waals surface area contributed by atoms with Crippen molar-refractivity contribution in [1.82, 2.24) is 9.97 Å². The van der Waals surface area contributed by atoms with E-state index in [4.69, 9.17) is 4.74 Å². The fourth-order valence-corrected chi connectivity index (χ4v) is 3.94. The summed E-state index contributed by atoms with van der Waals surface area (Å²) in [6.07, 6.45) is 3.08. The Morgan fingerprint density at radius 1 is 1.12 bits per heavy atom. The minimum atomic E-state index is -0.521. The predicted molar refractivity (Wildman–Crippen MR) is 124 cm³/mol. The highest BCUT2D eigenvalue weighted by Gasteiger charge is 2.21. The van der Waals surface area contributed by atoms with Gasteiger partial charge in [0, 0.05) is 24.7 Å². The number of carbonyl (C=O) groups is 2. The summed E-state index contributed by atoms with van der Waals surface area (Å²) in [7, 11) is 0. The molecule has 0 bridgehead atoms. The number of ether oxygens (including phenoxy) is 1. The van der Waals surface area contributed by atoms with Gasteiger partial charge in [0.2, 0.25) is 0 Å². The molecule has 0 unspecified atom stereocenters. The maximum Gasteiger partial charge on any atom is 0.275 e. The van der Waals surface area contributed by atoms with E-state index in [1.165, 1.54) is 23.6 Å². The number of aromatic nitrogens is 2. The minimum absolute atomic E-state index is 0. The van der Waals surface area contributed by atoms with Crippen LogP contribution in [0.4, 0.5) is 16.5 Å². The number of nitriles is 1. The number of benzene rings is 1. The van der Waals surface area contributed by atoms with E-state index in [2.05, 4.69) is 25.5 Å². The van der Waals surface area contributed by atoms with Crippen LogP contribution in [0.1, 0.15) is 26.4 Å². The molecular weight excluding hydrogens is 452 g/mol. The molecule has 3 heterocycles. The number of pyridine rings is 1. The number of thiazole rings is 1. The van der Waals surface area contributed by atoms with Crippen LogP contribution in [-0.4, -0.2) is 48.1 Å². The van der Waals surface area contributed by atoms with Crippen molar-refractivity contribution in [3.63, 3.8) is 0 Å². The molecule has 2 amide bonds. The van der Waals surface area contributed by atoms with Crippen LogP contribution in [0.25, 0.3) is 0 Å². The monoisotopic (exact) mass is 470 g/mol. The molecule has 1 aromatic carbocycles. The second-order valence-electron chi connectivity index (χ2n) is 6.60. The molecular formula is C21H19ClN6O3S. The van der Waals surface area contributed by atoms with Gasteiger partial charge in [-0.2, -0.15) is 5.26 Å². The van der Waals surface area contributed by atoms with Crippen molar-refractivity contribution < 1.29 is 14.3 Å². The van der Waals surface area contributed by atoms with E-state index >= 15 is 0 Å². The third-order valence-corrected chi connectivity index (χ3v) is 5.49. The second kappa shape index (κ2) is 10.7. The van der Waals surface area contributed by atoms with Crippen LogP contribution < -0.4 is 15.5 Å². The number of rotatable bonds is 5. The number of amides is 2. The average molecular weight is 471 g/mol. The third kappa shape index (κ3) is 5.20. The van der Waals surface area contributed by atoms with E-state index < -0.39 is 11.8 Å². The van der Waals surface area contributed by atoms with Gasteiger partial charge in [-0.1, -0.05) is 6.07 Å². The first-order valence-corrected chi connectivity index (χ1v) is 10.4. The number of halogens is 1. The van der Waals surface area contributed by atoms with Crippen LogP contribution in [0.3, 0.4) is 0 Å². The Bertz CT molecular complexity index is 1140. The number of hydrogen-bond acceptors (Lipinski definition) is 8. The van der Waals surface area contributed by atoms with Crippen LogP contribution in [0.2, 0.25) is 0 Å². The molecule has 4 rings (SSSR count). The van der Waals surface area contributed by atoms with Crippen molar-refractivity contribution in [3.05, 3.63) is 64.9 Å². The quantitative estimate of drug-likeness (QED) is 0.587. The summed E-state index contributed by atoms with van der Waals surface area (Å²) in [6.45, 7) is 2.68. The number of carbonyl (C=O) groups excluding carboxylic acids is 2. The Balaban J connectivity index is 0.00000289. The molecule has 32 heavy (non-hydrogen) atoms. The first-order chi connectivity index (χ1) is 15.2. The Labute approximate surface area is 194 Å². The molecule has 2 aromatic heterocycles. The fourth-order valence-electron chi connectivity index (χ4n) is 3.08. The maximum absolute atomic E-state index is 12.9. The molecule has 0 aliphatic carbocycles. The largest absolute Gasteiger partial charge is 0.378 e. The van der Waals surface area contributed by atoms with E-state index in [-0.39, 0.29) is 34.9 Å². The Kier molecular flexibility index (Phi) is 7.72. The number of hydrogen-bond donors (Lipinski definition) is 2. The Morgan fingerprint density at radius 2 is 1.94 bits per heavy atom. The highest BCUT2D eigenvalue weighted by molar-refractivity contribution is 7.14. The summed E-state index contributed by atoms with van der Waals surface area (Å²) in [5, 5.41) is 17.3. The van der Waals surface area contributed by atoms with E-state index in [1.54, 1.807) is 35.8 Å². The number of anilines is 3. The SMILES string of the molecule is Cl.N#Cc1cccc(NC(=O)c2csc(N3CCOCC3)n2)c1C(=O)Nc1cccnc1. The van der Waals surface area contributed by atoms with Gasteiger partial charge < -0.3 is 20.3 Å². The van der Waals surface area contributed by atoms with Gasteiger partial charge in [-0.05, 0) is 24.3 Å². The molecule has 0 atom stereocenters.